The molecule has 0 radical (unpaired) electrons. The number of hydrogen-bond acceptors (Lipinski definition) is 4. The molecule has 2 heterocycles. The van der Waals surface area contributed by atoms with Crippen LogP contribution < -0.4 is 5.32 Å². The summed E-state index contributed by atoms with van der Waals surface area (Å²) in [5, 5.41) is 2.76. The zero-order valence-corrected chi connectivity index (χ0v) is 17.0. The molecule has 1 aromatic carbocycles. The summed E-state index contributed by atoms with van der Waals surface area (Å²) in [6.45, 7) is 3.60. The Hall–Kier alpha value is -2.76. The van der Waals surface area contributed by atoms with Crippen LogP contribution in [0.4, 0.5) is 0 Å². The number of rotatable bonds is 5. The second kappa shape index (κ2) is 8.31. The maximum Gasteiger partial charge on any atom is 0.222 e. The molecule has 1 atom stereocenters. The monoisotopic (exact) mass is 392 g/mol. The third kappa shape index (κ3) is 4.16. The van der Waals surface area contributed by atoms with Gasteiger partial charge >= 0.3 is 0 Å². The zero-order chi connectivity index (χ0) is 20.3. The topological polar surface area (TPSA) is 75.2 Å². The van der Waals surface area contributed by atoms with Gasteiger partial charge in [-0.1, -0.05) is 30.3 Å². The lowest BCUT2D eigenvalue weighted by atomic mass is 9.77. The maximum atomic E-state index is 12.8. The Morgan fingerprint density at radius 2 is 2.03 bits per heavy atom. The van der Waals surface area contributed by atoms with Crippen molar-refractivity contribution >= 4 is 11.8 Å². The zero-order valence-electron chi connectivity index (χ0n) is 17.0. The number of amides is 2. The summed E-state index contributed by atoms with van der Waals surface area (Å²) < 4.78 is 0. The Kier molecular flexibility index (Phi) is 5.60. The van der Waals surface area contributed by atoms with Gasteiger partial charge in [-0.15, -0.1) is 0 Å². The number of nitrogens with one attached hydrogen (secondary N) is 1. The molecular formula is C23H28N4O2. The Labute approximate surface area is 171 Å². The van der Waals surface area contributed by atoms with Crippen LogP contribution in [0.3, 0.4) is 0 Å². The van der Waals surface area contributed by atoms with Crippen molar-refractivity contribution in [1.82, 2.24) is 20.2 Å². The lowest BCUT2D eigenvalue weighted by Gasteiger charge is -2.40. The first-order chi connectivity index (χ1) is 14.1. The molecule has 1 N–H and O–H groups in total. The molecule has 152 valence electrons. The van der Waals surface area contributed by atoms with Crippen LogP contribution in [0.1, 0.15) is 50.3 Å². The van der Waals surface area contributed by atoms with Crippen LogP contribution in [0.2, 0.25) is 0 Å². The van der Waals surface area contributed by atoms with Crippen molar-refractivity contribution in [1.29, 1.82) is 0 Å². The molecule has 2 aromatic rings. The maximum absolute atomic E-state index is 12.8. The molecule has 4 rings (SSSR count). The average Bonchev–Trinajstić information content (AvgIpc) is 3.08. The highest BCUT2D eigenvalue weighted by molar-refractivity contribution is 5.77. The summed E-state index contributed by atoms with van der Waals surface area (Å²) in [5.41, 5.74) is 3.35. The summed E-state index contributed by atoms with van der Waals surface area (Å²) in [6, 6.07) is 10.1. The Bertz CT molecular complexity index is 895. The summed E-state index contributed by atoms with van der Waals surface area (Å²) >= 11 is 0. The lowest BCUT2D eigenvalue weighted by molar-refractivity contribution is -0.133. The van der Waals surface area contributed by atoms with Gasteiger partial charge in [-0.3, -0.25) is 9.59 Å². The Morgan fingerprint density at radius 3 is 2.83 bits per heavy atom. The standard InChI is InChI=1S/C23H28N4O2/c1-17(28)24-13-5-9-20(29)27-14-6-11-23(16-27)12-10-19-15-25-22(26-21(19)23)18-7-3-2-4-8-18/h2-4,7-8,15H,5-6,9-14,16H2,1H3,(H,24,28). The van der Waals surface area contributed by atoms with E-state index in [0.717, 1.165) is 55.9 Å². The fourth-order valence-electron chi connectivity index (χ4n) is 4.67. The number of fused-ring (bicyclic) bond motifs is 2. The predicted molar refractivity (Wildman–Crippen MR) is 111 cm³/mol. The number of likely N-dealkylation sites (tertiary alicyclic amines) is 1. The molecule has 1 saturated heterocycles. The molecule has 29 heavy (non-hydrogen) atoms. The third-order valence-corrected chi connectivity index (χ3v) is 6.14. The van der Waals surface area contributed by atoms with Crippen LogP contribution in [-0.4, -0.2) is 46.3 Å². The van der Waals surface area contributed by atoms with Gasteiger partial charge in [-0.05, 0) is 37.7 Å². The number of nitrogens with zero attached hydrogens (tertiary/aromatic N) is 3. The highest BCUT2D eigenvalue weighted by Gasteiger charge is 2.44. The van der Waals surface area contributed by atoms with Crippen LogP contribution in [0, 0.1) is 0 Å². The minimum absolute atomic E-state index is 0.0483. The SMILES string of the molecule is CC(=O)NCCCC(=O)N1CCCC2(CCc3cnc(-c4ccccc4)nc32)C1. The van der Waals surface area contributed by atoms with Crippen LogP contribution >= 0.6 is 0 Å². The first-order valence-corrected chi connectivity index (χ1v) is 10.5. The number of aromatic nitrogens is 2. The largest absolute Gasteiger partial charge is 0.356 e. The van der Waals surface area contributed by atoms with Gasteiger partial charge in [0, 0.05) is 50.2 Å². The molecule has 1 spiro atoms. The van der Waals surface area contributed by atoms with Crippen molar-refractivity contribution in [2.45, 2.75) is 50.9 Å². The first-order valence-electron chi connectivity index (χ1n) is 10.5. The van der Waals surface area contributed by atoms with E-state index in [2.05, 4.69) is 10.3 Å². The molecule has 1 aromatic heterocycles. The van der Waals surface area contributed by atoms with Crippen molar-refractivity contribution < 1.29 is 9.59 Å². The number of carbonyl (C=O) groups excluding carboxylic acids is 2. The van der Waals surface area contributed by atoms with Gasteiger partial charge in [0.1, 0.15) is 0 Å². The highest BCUT2D eigenvalue weighted by atomic mass is 16.2. The number of benzene rings is 1. The minimum atomic E-state index is -0.0501. The van der Waals surface area contributed by atoms with E-state index in [-0.39, 0.29) is 17.2 Å². The lowest BCUT2D eigenvalue weighted by Crippen LogP contribution is -2.48. The van der Waals surface area contributed by atoms with Gasteiger partial charge in [-0.2, -0.15) is 0 Å². The summed E-state index contributed by atoms with van der Waals surface area (Å²) in [4.78, 5) is 35.3. The van der Waals surface area contributed by atoms with Gasteiger partial charge in [0.25, 0.3) is 0 Å². The van der Waals surface area contributed by atoms with E-state index in [9.17, 15) is 9.59 Å². The molecule has 1 aliphatic heterocycles. The van der Waals surface area contributed by atoms with Gasteiger partial charge < -0.3 is 10.2 Å². The number of hydrogen-bond donors (Lipinski definition) is 1. The molecule has 2 amide bonds. The molecule has 6 nitrogen and oxygen atoms in total. The predicted octanol–water partition coefficient (Wildman–Crippen LogP) is 2.87. The van der Waals surface area contributed by atoms with Crippen molar-refractivity contribution in [3.63, 3.8) is 0 Å². The molecule has 1 aliphatic carbocycles. The van der Waals surface area contributed by atoms with Crippen molar-refractivity contribution in [2.75, 3.05) is 19.6 Å². The second-order valence-electron chi connectivity index (χ2n) is 8.22. The molecule has 0 bridgehead atoms. The van der Waals surface area contributed by atoms with Crippen LogP contribution in [0.5, 0.6) is 0 Å². The van der Waals surface area contributed by atoms with Crippen LogP contribution in [0.15, 0.2) is 36.5 Å². The number of piperidine rings is 1. The quantitative estimate of drug-likeness (QED) is 0.794. The van der Waals surface area contributed by atoms with E-state index in [1.807, 2.05) is 41.4 Å². The van der Waals surface area contributed by atoms with Gasteiger partial charge in [0.2, 0.25) is 11.8 Å². The third-order valence-electron chi connectivity index (χ3n) is 6.14. The minimum Gasteiger partial charge on any atom is -0.356 e. The van der Waals surface area contributed by atoms with Crippen molar-refractivity contribution in [2.24, 2.45) is 0 Å². The average molecular weight is 393 g/mol. The molecular weight excluding hydrogens is 364 g/mol. The van der Waals surface area contributed by atoms with Gasteiger partial charge in [0.05, 0.1) is 5.69 Å². The number of aryl methyl sites for hydroxylation is 1. The summed E-state index contributed by atoms with van der Waals surface area (Å²) in [6.07, 6.45) is 7.22. The fourth-order valence-corrected chi connectivity index (χ4v) is 4.67. The molecule has 1 unspecified atom stereocenters. The van der Waals surface area contributed by atoms with E-state index in [4.69, 9.17) is 4.98 Å². The molecule has 0 saturated carbocycles. The van der Waals surface area contributed by atoms with E-state index in [1.54, 1.807) is 0 Å². The fraction of sp³-hybridized carbons (Fsp3) is 0.478. The van der Waals surface area contributed by atoms with Crippen molar-refractivity contribution in [3.05, 3.63) is 47.8 Å². The van der Waals surface area contributed by atoms with E-state index in [0.29, 0.717) is 19.4 Å². The Morgan fingerprint density at radius 1 is 1.21 bits per heavy atom. The summed E-state index contributed by atoms with van der Waals surface area (Å²) in [7, 11) is 0. The molecule has 1 fully saturated rings. The molecule has 2 aliphatic rings. The van der Waals surface area contributed by atoms with Gasteiger partial charge in [0.15, 0.2) is 5.82 Å². The van der Waals surface area contributed by atoms with Crippen LogP contribution in [0.25, 0.3) is 11.4 Å². The van der Waals surface area contributed by atoms with E-state index >= 15 is 0 Å². The second-order valence-corrected chi connectivity index (χ2v) is 8.22. The summed E-state index contributed by atoms with van der Waals surface area (Å²) in [5.74, 6) is 0.899. The van der Waals surface area contributed by atoms with Crippen molar-refractivity contribution in [3.8, 4) is 11.4 Å². The first kappa shape index (κ1) is 19.6. The number of carbonyl (C=O) groups is 2. The highest BCUT2D eigenvalue weighted by Crippen LogP contribution is 2.44. The van der Waals surface area contributed by atoms with Crippen LogP contribution in [-0.2, 0) is 21.4 Å². The van der Waals surface area contributed by atoms with E-state index in [1.165, 1.54) is 12.5 Å². The smallest absolute Gasteiger partial charge is 0.222 e. The molecule has 6 heteroatoms. The normalized spacial score (nSPS) is 20.5. The van der Waals surface area contributed by atoms with Gasteiger partial charge in [-0.25, -0.2) is 9.97 Å². The van der Waals surface area contributed by atoms with E-state index < -0.39 is 0 Å². The Balaban J connectivity index is 1.49.